The van der Waals surface area contributed by atoms with Gasteiger partial charge in [0.05, 0.1) is 25.5 Å². The molecule has 1 atom stereocenters. The number of aliphatic carboxylic acids is 1. The lowest BCUT2D eigenvalue weighted by Crippen LogP contribution is -2.40. The first-order chi connectivity index (χ1) is 23.0. The van der Waals surface area contributed by atoms with Crippen molar-refractivity contribution in [1.82, 2.24) is 19.2 Å². The van der Waals surface area contributed by atoms with Gasteiger partial charge in [0.15, 0.2) is 0 Å². The number of anilines is 1. The lowest BCUT2D eigenvalue weighted by atomic mass is 9.81. The molecule has 13 nitrogen and oxygen atoms in total. The van der Waals surface area contributed by atoms with Crippen LogP contribution in [-0.2, 0) is 42.7 Å². The number of thiazole rings is 1. The predicted molar refractivity (Wildman–Crippen MR) is 178 cm³/mol. The van der Waals surface area contributed by atoms with Crippen LogP contribution in [0.25, 0.3) is 10.3 Å². The lowest BCUT2D eigenvalue weighted by Gasteiger charge is -2.26. The van der Waals surface area contributed by atoms with Gasteiger partial charge in [-0.05, 0) is 48.2 Å². The number of sulfonamides is 1. The molecule has 6 rings (SSSR count). The molecule has 2 aliphatic rings. The van der Waals surface area contributed by atoms with Gasteiger partial charge in [0, 0.05) is 56.3 Å². The van der Waals surface area contributed by atoms with Gasteiger partial charge in [0.1, 0.15) is 15.4 Å². The van der Waals surface area contributed by atoms with E-state index in [4.69, 9.17) is 9.47 Å². The molecule has 1 saturated heterocycles. The Morgan fingerprint density at radius 2 is 1.83 bits per heavy atom. The molecule has 0 saturated carbocycles. The van der Waals surface area contributed by atoms with E-state index >= 15 is 0 Å². The number of ether oxygens (including phenoxy) is 2. The number of benzene rings is 2. The molecule has 0 radical (unpaired) electrons. The van der Waals surface area contributed by atoms with Crippen molar-refractivity contribution in [2.45, 2.75) is 42.5 Å². The molecule has 0 unspecified atom stereocenters. The van der Waals surface area contributed by atoms with Crippen molar-refractivity contribution in [1.29, 1.82) is 0 Å². The van der Waals surface area contributed by atoms with Crippen LogP contribution in [0, 0.1) is 0 Å². The summed E-state index contributed by atoms with van der Waals surface area (Å²) in [5.41, 5.74) is 1.93. The van der Waals surface area contributed by atoms with Gasteiger partial charge in [0.2, 0.25) is 21.8 Å². The van der Waals surface area contributed by atoms with Gasteiger partial charge >= 0.3 is 12.1 Å². The first-order valence-electron chi connectivity index (χ1n) is 15.4. The summed E-state index contributed by atoms with van der Waals surface area (Å²) in [6.45, 7) is 0.953. The SMILES string of the molecule is COC(=O)N1CC[C@@]2(C1)CN(C(=O)Cc1nc3ccc(OC)nc3s1)c1ccc(S(=O)(=O)N(CCCC(=O)O)Cc3ccccc3)cc12. The summed E-state index contributed by atoms with van der Waals surface area (Å²) in [6.07, 6.45) is -0.0203. The highest BCUT2D eigenvalue weighted by atomic mass is 32.2. The molecule has 4 aromatic rings. The zero-order valence-corrected chi connectivity index (χ0v) is 28.1. The van der Waals surface area contributed by atoms with Crippen LogP contribution in [-0.4, -0.2) is 91.1 Å². The number of amides is 2. The van der Waals surface area contributed by atoms with Gasteiger partial charge in [0.25, 0.3) is 0 Å². The number of pyridine rings is 1. The fourth-order valence-corrected chi connectivity index (χ4v) is 8.83. The van der Waals surface area contributed by atoms with Crippen LogP contribution in [0.1, 0.15) is 35.4 Å². The predicted octanol–water partition coefficient (Wildman–Crippen LogP) is 4.05. The number of carbonyl (C=O) groups excluding carboxylic acids is 2. The highest BCUT2D eigenvalue weighted by molar-refractivity contribution is 7.89. The number of aromatic nitrogens is 2. The van der Waals surface area contributed by atoms with E-state index in [0.717, 1.165) is 5.56 Å². The van der Waals surface area contributed by atoms with Crippen molar-refractivity contribution in [3.8, 4) is 5.88 Å². The summed E-state index contributed by atoms with van der Waals surface area (Å²) in [6, 6.07) is 17.4. The fraction of sp³-hybridized carbons (Fsp3) is 0.364. The average molecular weight is 694 g/mol. The van der Waals surface area contributed by atoms with E-state index in [-0.39, 0.29) is 56.2 Å². The minimum absolute atomic E-state index is 0.00799. The van der Waals surface area contributed by atoms with Gasteiger partial charge in [-0.3, -0.25) is 9.59 Å². The number of likely N-dealkylation sites (tertiary alicyclic amines) is 1. The molecular formula is C33H35N5O8S2. The van der Waals surface area contributed by atoms with E-state index in [2.05, 4.69) is 9.97 Å². The molecule has 48 heavy (non-hydrogen) atoms. The average Bonchev–Trinajstić information content (AvgIpc) is 3.79. The summed E-state index contributed by atoms with van der Waals surface area (Å²) in [5.74, 6) is -0.772. The Morgan fingerprint density at radius 3 is 2.56 bits per heavy atom. The Labute approximate surface area is 281 Å². The number of methoxy groups -OCH3 is 2. The zero-order valence-electron chi connectivity index (χ0n) is 26.5. The first kappa shape index (κ1) is 33.3. The first-order valence-corrected chi connectivity index (χ1v) is 17.6. The van der Waals surface area contributed by atoms with Crippen LogP contribution < -0.4 is 9.64 Å². The van der Waals surface area contributed by atoms with Gasteiger partial charge in [-0.1, -0.05) is 41.7 Å². The van der Waals surface area contributed by atoms with Crippen molar-refractivity contribution in [3.05, 3.63) is 76.8 Å². The van der Waals surface area contributed by atoms with E-state index in [9.17, 15) is 27.9 Å². The second kappa shape index (κ2) is 13.5. The molecule has 2 aromatic carbocycles. The number of rotatable bonds is 11. The Kier molecular flexibility index (Phi) is 9.36. The molecule has 2 aromatic heterocycles. The quantitative estimate of drug-likeness (QED) is 0.243. The third-order valence-electron chi connectivity index (χ3n) is 8.80. The van der Waals surface area contributed by atoms with Crippen LogP contribution in [0.3, 0.4) is 0 Å². The number of hydrogen-bond acceptors (Lipinski definition) is 10. The third kappa shape index (κ3) is 6.57. The zero-order chi connectivity index (χ0) is 34.1. The molecule has 1 fully saturated rings. The van der Waals surface area contributed by atoms with Crippen LogP contribution in [0.4, 0.5) is 10.5 Å². The standard InChI is InChI=1S/C33H35N5O8S2/c1-45-27-13-11-25-31(35-27)47-28(34-25)18-29(39)38-21-33(14-16-36(20-33)32(42)46-2)24-17-23(10-12-26(24)38)48(43,44)37(15-6-9-30(40)41)19-22-7-4-3-5-8-22/h3-5,7-8,10-13,17H,6,9,14-16,18-21H2,1-2H3,(H,40,41)/t33-/m1/s1. The Bertz CT molecular complexity index is 1970. The normalized spacial score (nSPS) is 17.3. The van der Waals surface area contributed by atoms with Crippen LogP contribution in [0.15, 0.2) is 65.6 Å². The molecule has 0 aliphatic carbocycles. The van der Waals surface area contributed by atoms with Crippen molar-refractivity contribution in [2.75, 3.05) is 45.3 Å². The topological polar surface area (TPSA) is 160 Å². The highest BCUT2D eigenvalue weighted by Crippen LogP contribution is 2.48. The smallest absolute Gasteiger partial charge is 0.409 e. The third-order valence-corrected chi connectivity index (χ3v) is 11.6. The van der Waals surface area contributed by atoms with Gasteiger partial charge in [-0.2, -0.15) is 4.31 Å². The second-order valence-corrected chi connectivity index (χ2v) is 14.9. The van der Waals surface area contributed by atoms with Crippen molar-refractivity contribution >= 4 is 55.4 Å². The van der Waals surface area contributed by atoms with E-state index in [1.54, 1.807) is 34.1 Å². The molecule has 252 valence electrons. The molecule has 0 bridgehead atoms. The number of carboxylic acid groups (broad SMARTS) is 1. The number of fused-ring (bicyclic) bond motifs is 3. The number of carbonyl (C=O) groups is 3. The molecule has 15 heteroatoms. The van der Waals surface area contributed by atoms with E-state index < -0.39 is 27.5 Å². The summed E-state index contributed by atoms with van der Waals surface area (Å²) < 4.78 is 39.9. The fourth-order valence-electron chi connectivity index (χ4n) is 6.42. The Morgan fingerprint density at radius 1 is 1.04 bits per heavy atom. The minimum Gasteiger partial charge on any atom is -0.481 e. The van der Waals surface area contributed by atoms with Crippen molar-refractivity contribution < 1.29 is 37.4 Å². The molecule has 4 heterocycles. The monoisotopic (exact) mass is 693 g/mol. The Hall–Kier alpha value is -4.60. The van der Waals surface area contributed by atoms with Gasteiger partial charge in [-0.25, -0.2) is 23.2 Å². The summed E-state index contributed by atoms with van der Waals surface area (Å²) in [7, 11) is -1.26. The van der Waals surface area contributed by atoms with E-state index in [1.807, 2.05) is 30.3 Å². The molecular weight excluding hydrogens is 659 g/mol. The lowest BCUT2D eigenvalue weighted by molar-refractivity contribution is -0.137. The minimum atomic E-state index is -4.10. The summed E-state index contributed by atoms with van der Waals surface area (Å²) in [5, 5.41) is 9.79. The van der Waals surface area contributed by atoms with E-state index in [1.165, 1.54) is 35.9 Å². The maximum atomic E-state index is 14.2. The molecule has 1 N–H and O–H groups in total. The van der Waals surface area contributed by atoms with Gasteiger partial charge < -0.3 is 24.4 Å². The molecule has 2 aliphatic heterocycles. The summed E-state index contributed by atoms with van der Waals surface area (Å²) >= 11 is 1.30. The molecule has 2 amide bonds. The van der Waals surface area contributed by atoms with Crippen molar-refractivity contribution in [2.24, 2.45) is 0 Å². The van der Waals surface area contributed by atoms with E-state index in [0.29, 0.717) is 45.5 Å². The van der Waals surface area contributed by atoms with Crippen LogP contribution in [0.5, 0.6) is 5.88 Å². The van der Waals surface area contributed by atoms with Crippen LogP contribution in [0.2, 0.25) is 0 Å². The largest absolute Gasteiger partial charge is 0.481 e. The van der Waals surface area contributed by atoms with Crippen molar-refractivity contribution in [3.63, 3.8) is 0 Å². The highest BCUT2D eigenvalue weighted by Gasteiger charge is 2.50. The van der Waals surface area contributed by atoms with Crippen LogP contribution >= 0.6 is 11.3 Å². The molecule has 1 spiro atoms. The summed E-state index contributed by atoms with van der Waals surface area (Å²) in [4.78, 5) is 50.6. The number of hydrogen-bond donors (Lipinski definition) is 1. The number of nitrogens with zero attached hydrogens (tertiary/aromatic N) is 5. The maximum absolute atomic E-state index is 14.2. The second-order valence-electron chi connectivity index (χ2n) is 11.9. The number of carboxylic acids is 1. The Balaban J connectivity index is 1.34. The maximum Gasteiger partial charge on any atom is 0.409 e. The van der Waals surface area contributed by atoms with Gasteiger partial charge in [-0.15, -0.1) is 0 Å².